The van der Waals surface area contributed by atoms with Crippen LogP contribution in [0.5, 0.6) is 0 Å². The highest BCUT2D eigenvalue weighted by atomic mass is 16.6. The predicted octanol–water partition coefficient (Wildman–Crippen LogP) is 2.89. The van der Waals surface area contributed by atoms with E-state index in [0.717, 1.165) is 23.7 Å². The number of carbonyl (C=O) groups excluding carboxylic acids is 2. The maximum absolute atomic E-state index is 12.3. The zero-order valence-electron chi connectivity index (χ0n) is 16.4. The van der Waals surface area contributed by atoms with E-state index in [0.29, 0.717) is 18.7 Å². The number of amides is 1. The molecule has 0 saturated carbocycles. The number of likely N-dealkylation sites (tertiary alicyclic amines) is 1. The fourth-order valence-electron chi connectivity index (χ4n) is 3.67. The van der Waals surface area contributed by atoms with Crippen LogP contribution < -0.4 is 0 Å². The number of fused-ring (bicyclic) bond motifs is 1. The van der Waals surface area contributed by atoms with Crippen molar-refractivity contribution in [2.75, 3.05) is 19.7 Å². The van der Waals surface area contributed by atoms with E-state index in [1.165, 1.54) is 0 Å². The van der Waals surface area contributed by atoms with Gasteiger partial charge >= 0.3 is 12.1 Å². The van der Waals surface area contributed by atoms with Crippen molar-refractivity contribution in [1.82, 2.24) is 15.1 Å². The summed E-state index contributed by atoms with van der Waals surface area (Å²) in [4.78, 5) is 26.0. The maximum atomic E-state index is 12.3. The number of benzene rings is 1. The lowest BCUT2D eigenvalue weighted by Gasteiger charge is -2.47. The Balaban J connectivity index is 1.25. The third kappa shape index (κ3) is 3.82. The van der Waals surface area contributed by atoms with Gasteiger partial charge in [0.2, 0.25) is 0 Å². The molecule has 0 aliphatic carbocycles. The Hall–Kier alpha value is -2.61. The predicted molar refractivity (Wildman–Crippen MR) is 101 cm³/mol. The normalized spacial score (nSPS) is 21.0. The number of nitrogens with one attached hydrogen (secondary N) is 1. The van der Waals surface area contributed by atoms with E-state index in [1.807, 2.05) is 20.8 Å². The van der Waals surface area contributed by atoms with Gasteiger partial charge in [-0.05, 0) is 51.8 Å². The number of rotatable bonds is 3. The Labute approximate surface area is 163 Å². The van der Waals surface area contributed by atoms with Crippen molar-refractivity contribution >= 4 is 23.0 Å². The molecule has 1 spiro atoms. The number of H-pyrrole nitrogens is 1. The molecule has 1 amide bonds. The first kappa shape index (κ1) is 18.7. The van der Waals surface area contributed by atoms with E-state index in [4.69, 9.17) is 14.2 Å². The first-order chi connectivity index (χ1) is 13.2. The SMILES string of the molecule is CC(C)(C)OC(=O)N1CC2(CCC(COC(=O)c3ccc4[nH]ncc4c3)O2)C1. The van der Waals surface area contributed by atoms with Gasteiger partial charge in [-0.15, -0.1) is 0 Å². The molecule has 1 aromatic heterocycles. The number of hydrogen-bond donors (Lipinski definition) is 1. The second-order valence-electron chi connectivity index (χ2n) is 8.57. The molecule has 28 heavy (non-hydrogen) atoms. The molecule has 0 radical (unpaired) electrons. The highest BCUT2D eigenvalue weighted by Crippen LogP contribution is 2.38. The number of ether oxygens (including phenoxy) is 3. The standard InChI is InChI=1S/C20H25N3O5/c1-19(2,3)28-18(25)23-11-20(12-23)7-6-15(27-20)10-26-17(24)13-4-5-16-14(8-13)9-21-22-16/h4-5,8-9,15H,6-7,10-12H2,1-3H3,(H,21,22). The largest absolute Gasteiger partial charge is 0.459 e. The smallest absolute Gasteiger partial charge is 0.410 e. The highest BCUT2D eigenvalue weighted by molar-refractivity contribution is 5.94. The van der Waals surface area contributed by atoms with Crippen molar-refractivity contribution in [3.05, 3.63) is 30.0 Å². The molecule has 2 saturated heterocycles. The molecule has 2 fully saturated rings. The molecule has 150 valence electrons. The minimum atomic E-state index is -0.507. The summed E-state index contributed by atoms with van der Waals surface area (Å²) in [6, 6.07) is 5.27. The third-order valence-corrected chi connectivity index (χ3v) is 5.02. The van der Waals surface area contributed by atoms with Crippen LogP contribution in [0.1, 0.15) is 44.0 Å². The third-order valence-electron chi connectivity index (χ3n) is 5.02. The number of hydrogen-bond acceptors (Lipinski definition) is 6. The van der Waals surface area contributed by atoms with Gasteiger partial charge in [0.15, 0.2) is 0 Å². The zero-order valence-corrected chi connectivity index (χ0v) is 16.4. The van der Waals surface area contributed by atoms with E-state index in [9.17, 15) is 9.59 Å². The molecular weight excluding hydrogens is 362 g/mol. The maximum Gasteiger partial charge on any atom is 0.410 e. The zero-order chi connectivity index (χ0) is 19.9. The van der Waals surface area contributed by atoms with E-state index in [2.05, 4.69) is 10.2 Å². The average Bonchev–Trinajstić information content (AvgIpc) is 3.23. The lowest BCUT2D eigenvalue weighted by Crippen LogP contribution is -2.64. The summed E-state index contributed by atoms with van der Waals surface area (Å²) in [7, 11) is 0. The quantitative estimate of drug-likeness (QED) is 0.814. The Kier molecular flexibility index (Phi) is 4.53. The molecule has 3 heterocycles. The van der Waals surface area contributed by atoms with Crippen molar-refractivity contribution in [1.29, 1.82) is 0 Å². The molecule has 8 heteroatoms. The van der Waals surface area contributed by atoms with E-state index >= 15 is 0 Å². The molecule has 1 N–H and O–H groups in total. The highest BCUT2D eigenvalue weighted by Gasteiger charge is 2.52. The molecule has 4 rings (SSSR count). The molecule has 1 unspecified atom stereocenters. The van der Waals surface area contributed by atoms with Crippen LogP contribution in [0.15, 0.2) is 24.4 Å². The Bertz CT molecular complexity index is 895. The van der Waals surface area contributed by atoms with Crippen LogP contribution in [0, 0.1) is 0 Å². The van der Waals surface area contributed by atoms with Gasteiger partial charge in [0, 0.05) is 5.39 Å². The monoisotopic (exact) mass is 387 g/mol. The second kappa shape index (κ2) is 6.77. The van der Waals surface area contributed by atoms with Crippen LogP contribution in [0.3, 0.4) is 0 Å². The van der Waals surface area contributed by atoms with Gasteiger partial charge in [-0.1, -0.05) is 0 Å². The van der Waals surface area contributed by atoms with Gasteiger partial charge in [-0.25, -0.2) is 9.59 Å². The fourth-order valence-corrected chi connectivity index (χ4v) is 3.67. The first-order valence-electron chi connectivity index (χ1n) is 9.49. The van der Waals surface area contributed by atoms with E-state index in [-0.39, 0.29) is 30.4 Å². The summed E-state index contributed by atoms with van der Waals surface area (Å²) in [6.07, 6.45) is 2.85. The van der Waals surface area contributed by atoms with E-state index < -0.39 is 5.60 Å². The Morgan fingerprint density at radius 2 is 2.14 bits per heavy atom. The molecule has 1 aromatic carbocycles. The van der Waals surface area contributed by atoms with Crippen LogP contribution in [0.2, 0.25) is 0 Å². The van der Waals surface area contributed by atoms with E-state index in [1.54, 1.807) is 29.3 Å². The molecule has 2 aliphatic rings. The molecule has 1 atom stereocenters. The molecular formula is C20H25N3O5. The van der Waals surface area contributed by atoms with Gasteiger partial charge in [0.1, 0.15) is 17.8 Å². The van der Waals surface area contributed by atoms with Crippen LogP contribution in [-0.2, 0) is 14.2 Å². The van der Waals surface area contributed by atoms with Crippen LogP contribution in [-0.4, -0.2) is 64.2 Å². The average molecular weight is 387 g/mol. The van der Waals surface area contributed by atoms with Gasteiger partial charge < -0.3 is 19.1 Å². The lowest BCUT2D eigenvalue weighted by atomic mass is 9.91. The fraction of sp³-hybridized carbons (Fsp3) is 0.550. The Morgan fingerprint density at radius 3 is 2.89 bits per heavy atom. The van der Waals surface area contributed by atoms with Gasteiger partial charge in [-0.3, -0.25) is 5.10 Å². The topological polar surface area (TPSA) is 93.8 Å². The van der Waals surface area contributed by atoms with Crippen molar-refractivity contribution < 1.29 is 23.8 Å². The molecule has 8 nitrogen and oxygen atoms in total. The number of aromatic amines is 1. The second-order valence-corrected chi connectivity index (χ2v) is 8.57. The summed E-state index contributed by atoms with van der Waals surface area (Å²) in [6.45, 7) is 6.78. The number of nitrogens with zero attached hydrogens (tertiary/aromatic N) is 2. The summed E-state index contributed by atoms with van der Waals surface area (Å²) in [5.74, 6) is -0.378. The summed E-state index contributed by atoms with van der Waals surface area (Å²) >= 11 is 0. The number of esters is 1. The minimum Gasteiger partial charge on any atom is -0.459 e. The van der Waals surface area contributed by atoms with Crippen molar-refractivity contribution in [3.8, 4) is 0 Å². The van der Waals surface area contributed by atoms with Crippen LogP contribution in [0.25, 0.3) is 10.9 Å². The number of carbonyl (C=O) groups is 2. The summed E-state index contributed by atoms with van der Waals surface area (Å²) in [5, 5.41) is 7.66. The van der Waals surface area contributed by atoms with Crippen LogP contribution in [0.4, 0.5) is 4.79 Å². The van der Waals surface area contributed by atoms with Crippen molar-refractivity contribution in [2.24, 2.45) is 0 Å². The van der Waals surface area contributed by atoms with Gasteiger partial charge in [-0.2, -0.15) is 5.10 Å². The lowest BCUT2D eigenvalue weighted by molar-refractivity contribution is -0.139. The van der Waals surface area contributed by atoms with Crippen LogP contribution >= 0.6 is 0 Å². The summed E-state index contributed by atoms with van der Waals surface area (Å²) in [5.41, 5.74) is 0.523. The Morgan fingerprint density at radius 1 is 1.36 bits per heavy atom. The number of aromatic nitrogens is 2. The van der Waals surface area contributed by atoms with Crippen molar-refractivity contribution in [2.45, 2.75) is 50.9 Å². The molecule has 0 bridgehead atoms. The summed E-state index contributed by atoms with van der Waals surface area (Å²) < 4.78 is 16.9. The minimum absolute atomic E-state index is 0.151. The first-order valence-corrected chi connectivity index (χ1v) is 9.49. The van der Waals surface area contributed by atoms with Gasteiger partial charge in [0.25, 0.3) is 0 Å². The van der Waals surface area contributed by atoms with Gasteiger partial charge in [0.05, 0.1) is 36.5 Å². The molecule has 2 aliphatic heterocycles. The van der Waals surface area contributed by atoms with Crippen molar-refractivity contribution in [3.63, 3.8) is 0 Å². The molecule has 2 aromatic rings.